The molecule has 1 rings (SSSR count). The van der Waals surface area contributed by atoms with Crippen molar-refractivity contribution in [2.45, 2.75) is 62.3 Å². The van der Waals surface area contributed by atoms with Crippen LogP contribution in [-0.2, 0) is 4.79 Å². The number of aliphatic carboxylic acids is 1. The second-order valence-electron chi connectivity index (χ2n) is 5.69. The van der Waals surface area contributed by atoms with Gasteiger partial charge in [-0.05, 0) is 41.8 Å². The molecule has 0 aromatic heterocycles. The number of alkyl halides is 3. The van der Waals surface area contributed by atoms with Gasteiger partial charge in [-0.25, -0.2) is 0 Å². The number of carboxylic acid groups (broad SMARTS) is 1. The SMILES string of the molecule is CCCC(CCC)CC(C(=O)O)c1ccc(SC(F)(F)F)cc1. The summed E-state index contributed by atoms with van der Waals surface area (Å²) in [5, 5.41) is 9.48. The highest BCUT2D eigenvalue weighted by Gasteiger charge is 2.29. The van der Waals surface area contributed by atoms with Gasteiger partial charge in [-0.2, -0.15) is 13.2 Å². The normalized spacial score (nSPS) is 13.3. The molecule has 1 N–H and O–H groups in total. The smallest absolute Gasteiger partial charge is 0.446 e. The summed E-state index contributed by atoms with van der Waals surface area (Å²) in [7, 11) is 0. The molecular weight excluding hydrogens is 325 g/mol. The van der Waals surface area contributed by atoms with Crippen molar-refractivity contribution in [2.24, 2.45) is 5.92 Å². The fourth-order valence-corrected chi connectivity index (χ4v) is 3.35. The summed E-state index contributed by atoms with van der Waals surface area (Å²) in [4.78, 5) is 11.6. The van der Waals surface area contributed by atoms with Gasteiger partial charge < -0.3 is 5.11 Å². The van der Waals surface area contributed by atoms with E-state index in [1.54, 1.807) is 0 Å². The molecule has 1 unspecified atom stereocenters. The lowest BCUT2D eigenvalue weighted by Crippen LogP contribution is -2.16. The van der Waals surface area contributed by atoms with E-state index in [0.29, 0.717) is 17.9 Å². The van der Waals surface area contributed by atoms with Crippen LogP contribution in [0.3, 0.4) is 0 Å². The van der Waals surface area contributed by atoms with E-state index < -0.39 is 17.4 Å². The highest BCUT2D eigenvalue weighted by atomic mass is 32.2. The summed E-state index contributed by atoms with van der Waals surface area (Å²) in [5.41, 5.74) is -3.76. The van der Waals surface area contributed by atoms with E-state index in [2.05, 4.69) is 13.8 Å². The average Bonchev–Trinajstić information content (AvgIpc) is 2.44. The van der Waals surface area contributed by atoms with Gasteiger partial charge in [0.15, 0.2) is 0 Å². The number of hydrogen-bond acceptors (Lipinski definition) is 2. The summed E-state index contributed by atoms with van der Waals surface area (Å²) < 4.78 is 37.0. The van der Waals surface area contributed by atoms with Gasteiger partial charge in [-0.15, -0.1) is 0 Å². The molecule has 23 heavy (non-hydrogen) atoms. The molecule has 1 aromatic rings. The van der Waals surface area contributed by atoms with E-state index in [9.17, 15) is 23.1 Å². The predicted molar refractivity (Wildman–Crippen MR) is 86.7 cm³/mol. The maximum Gasteiger partial charge on any atom is 0.446 e. The lowest BCUT2D eigenvalue weighted by Gasteiger charge is -2.21. The first-order valence-corrected chi connectivity index (χ1v) is 8.67. The lowest BCUT2D eigenvalue weighted by molar-refractivity contribution is -0.139. The van der Waals surface area contributed by atoms with Crippen molar-refractivity contribution in [3.05, 3.63) is 29.8 Å². The largest absolute Gasteiger partial charge is 0.481 e. The third kappa shape index (κ3) is 7.29. The van der Waals surface area contributed by atoms with Gasteiger partial charge in [0, 0.05) is 4.90 Å². The molecule has 0 spiro atoms. The van der Waals surface area contributed by atoms with Crippen LogP contribution in [0, 0.1) is 5.92 Å². The fraction of sp³-hybridized carbons (Fsp3) is 0.588. The van der Waals surface area contributed by atoms with Gasteiger partial charge in [-0.1, -0.05) is 51.7 Å². The van der Waals surface area contributed by atoms with E-state index in [1.807, 2.05) is 0 Å². The number of rotatable bonds is 9. The highest BCUT2D eigenvalue weighted by molar-refractivity contribution is 8.00. The predicted octanol–water partition coefficient (Wildman–Crippen LogP) is 6.07. The van der Waals surface area contributed by atoms with E-state index in [-0.39, 0.29) is 16.7 Å². The summed E-state index contributed by atoms with van der Waals surface area (Å²) in [6, 6.07) is 5.69. The molecule has 1 atom stereocenters. The van der Waals surface area contributed by atoms with Crippen LogP contribution < -0.4 is 0 Å². The first-order chi connectivity index (χ1) is 10.8. The monoisotopic (exact) mass is 348 g/mol. The van der Waals surface area contributed by atoms with Crippen LogP contribution in [0.25, 0.3) is 0 Å². The second-order valence-corrected chi connectivity index (χ2v) is 6.83. The minimum Gasteiger partial charge on any atom is -0.481 e. The third-order valence-corrected chi connectivity index (χ3v) is 4.52. The minimum atomic E-state index is -4.33. The number of halogens is 3. The van der Waals surface area contributed by atoms with Crippen LogP contribution in [0.2, 0.25) is 0 Å². The van der Waals surface area contributed by atoms with Crippen LogP contribution in [0.4, 0.5) is 13.2 Å². The molecule has 2 nitrogen and oxygen atoms in total. The number of carbonyl (C=O) groups is 1. The Kier molecular flexibility index (Phi) is 7.95. The Bertz CT molecular complexity index is 480. The Morgan fingerprint density at radius 3 is 2.04 bits per heavy atom. The molecule has 0 aliphatic rings. The molecule has 0 amide bonds. The van der Waals surface area contributed by atoms with Crippen molar-refractivity contribution >= 4 is 17.7 Å². The zero-order valence-corrected chi connectivity index (χ0v) is 14.2. The van der Waals surface area contributed by atoms with Crippen molar-refractivity contribution in [1.82, 2.24) is 0 Å². The molecular formula is C17H23F3O2S. The van der Waals surface area contributed by atoms with Gasteiger partial charge in [0.05, 0.1) is 5.92 Å². The second kappa shape index (κ2) is 9.21. The van der Waals surface area contributed by atoms with Crippen molar-refractivity contribution in [2.75, 3.05) is 0 Å². The standard InChI is InChI=1S/C17H23F3O2S/c1-3-5-12(6-4-2)11-15(16(21)22)13-7-9-14(10-8-13)23-17(18,19)20/h7-10,12,15H,3-6,11H2,1-2H3,(H,21,22). The van der Waals surface area contributed by atoms with Crippen molar-refractivity contribution < 1.29 is 23.1 Å². The molecule has 0 fully saturated rings. The molecule has 0 aliphatic carbocycles. The van der Waals surface area contributed by atoms with Crippen LogP contribution in [0.15, 0.2) is 29.2 Å². The molecule has 0 radical (unpaired) electrons. The maximum atomic E-state index is 12.3. The van der Waals surface area contributed by atoms with Gasteiger partial charge in [0.25, 0.3) is 0 Å². The Morgan fingerprint density at radius 1 is 1.13 bits per heavy atom. The zero-order chi connectivity index (χ0) is 17.5. The molecule has 0 aliphatic heterocycles. The Balaban J connectivity index is 2.86. The van der Waals surface area contributed by atoms with Gasteiger partial charge in [0.2, 0.25) is 0 Å². The number of hydrogen-bond donors (Lipinski definition) is 1. The van der Waals surface area contributed by atoms with E-state index >= 15 is 0 Å². The highest BCUT2D eigenvalue weighted by Crippen LogP contribution is 2.37. The first-order valence-electron chi connectivity index (χ1n) is 7.85. The van der Waals surface area contributed by atoms with E-state index in [0.717, 1.165) is 25.7 Å². The molecule has 1 aromatic carbocycles. The Hall–Kier alpha value is -1.17. The fourth-order valence-electron chi connectivity index (χ4n) is 2.81. The Morgan fingerprint density at radius 2 is 1.65 bits per heavy atom. The molecule has 0 bridgehead atoms. The Labute approximate surface area is 139 Å². The van der Waals surface area contributed by atoms with Crippen molar-refractivity contribution in [3.8, 4) is 0 Å². The molecule has 0 saturated heterocycles. The van der Waals surface area contributed by atoms with Gasteiger partial charge in [-0.3, -0.25) is 4.79 Å². The molecule has 130 valence electrons. The van der Waals surface area contributed by atoms with E-state index in [1.165, 1.54) is 24.3 Å². The summed E-state index contributed by atoms with van der Waals surface area (Å²) >= 11 is -0.188. The molecule has 0 saturated carbocycles. The van der Waals surface area contributed by atoms with Crippen LogP contribution in [0.1, 0.15) is 57.4 Å². The van der Waals surface area contributed by atoms with Gasteiger partial charge >= 0.3 is 11.5 Å². The van der Waals surface area contributed by atoms with Crippen LogP contribution in [-0.4, -0.2) is 16.6 Å². The summed E-state index contributed by atoms with van der Waals surface area (Å²) in [6.45, 7) is 4.14. The van der Waals surface area contributed by atoms with Crippen LogP contribution in [0.5, 0.6) is 0 Å². The van der Waals surface area contributed by atoms with Crippen LogP contribution >= 0.6 is 11.8 Å². The summed E-state index contributed by atoms with van der Waals surface area (Å²) in [5.74, 6) is -1.25. The maximum absolute atomic E-state index is 12.3. The van der Waals surface area contributed by atoms with Gasteiger partial charge in [0.1, 0.15) is 0 Å². The first kappa shape index (κ1) is 19.9. The summed E-state index contributed by atoms with van der Waals surface area (Å²) in [6.07, 6.45) is 4.47. The number of thioether (sulfide) groups is 1. The topological polar surface area (TPSA) is 37.3 Å². The quantitative estimate of drug-likeness (QED) is 0.550. The number of carboxylic acids is 1. The lowest BCUT2D eigenvalue weighted by atomic mass is 9.84. The third-order valence-electron chi connectivity index (χ3n) is 3.78. The average molecular weight is 348 g/mol. The van der Waals surface area contributed by atoms with Crippen molar-refractivity contribution in [1.29, 1.82) is 0 Å². The zero-order valence-electron chi connectivity index (χ0n) is 13.4. The molecule has 0 heterocycles. The van der Waals surface area contributed by atoms with E-state index in [4.69, 9.17) is 0 Å². The minimum absolute atomic E-state index is 0.0732. The number of benzene rings is 1. The van der Waals surface area contributed by atoms with Crippen molar-refractivity contribution in [3.63, 3.8) is 0 Å². The molecule has 6 heteroatoms.